The highest BCUT2D eigenvalue weighted by molar-refractivity contribution is 7.15. The largest absolute Gasteiger partial charge is 0.264 e. The highest BCUT2D eigenvalue weighted by Crippen LogP contribution is 2.45. The molecule has 0 aromatic carbocycles. The van der Waals surface area contributed by atoms with Crippen molar-refractivity contribution in [2.24, 2.45) is 5.92 Å². The van der Waals surface area contributed by atoms with E-state index in [2.05, 4.69) is 16.9 Å². The number of halogens is 1. The lowest BCUT2D eigenvalue weighted by atomic mass is 10.1. The third-order valence-electron chi connectivity index (χ3n) is 3.26. The fraction of sp³-hybridized carbons (Fsp3) is 0.385. The Bertz CT molecular complexity index is 519. The van der Waals surface area contributed by atoms with E-state index in [1.54, 1.807) is 12.4 Å². The minimum atomic E-state index is -0.298. The van der Waals surface area contributed by atoms with Crippen molar-refractivity contribution in [1.29, 1.82) is 0 Å². The zero-order valence-corrected chi connectivity index (χ0v) is 10.4. The maximum Gasteiger partial charge on any atom is 0.227 e. The second kappa shape index (κ2) is 4.18. The molecule has 4 heteroatoms. The summed E-state index contributed by atoms with van der Waals surface area (Å²) in [6.45, 7) is 2.10. The lowest BCUT2D eigenvalue weighted by Gasteiger charge is -2.05. The summed E-state index contributed by atoms with van der Waals surface area (Å²) in [5, 5.41) is 0.734. The maximum atomic E-state index is 13.8. The summed E-state index contributed by atoms with van der Waals surface area (Å²) in [5.74, 6) is 0.665. The van der Waals surface area contributed by atoms with Crippen molar-refractivity contribution in [3.8, 4) is 10.6 Å². The van der Waals surface area contributed by atoms with E-state index < -0.39 is 0 Å². The number of thiazole rings is 1. The predicted octanol–water partition coefficient (Wildman–Crippen LogP) is 3.86. The molecule has 0 radical (unpaired) electrons. The molecular weight excluding hydrogens is 235 g/mol. The summed E-state index contributed by atoms with van der Waals surface area (Å²) in [6.07, 6.45) is 5.88. The van der Waals surface area contributed by atoms with Crippen LogP contribution >= 0.6 is 11.3 Å². The molecule has 2 aromatic heterocycles. The Hall–Kier alpha value is -1.29. The average Bonchev–Trinajstić information content (AvgIpc) is 3.13. The number of hydrogen-bond acceptors (Lipinski definition) is 3. The number of rotatable bonds is 3. The number of aromatic nitrogens is 2. The predicted molar refractivity (Wildman–Crippen MR) is 66.4 cm³/mol. The van der Waals surface area contributed by atoms with Gasteiger partial charge in [0.05, 0.1) is 4.88 Å². The number of nitrogens with zero attached hydrogens (tertiary/aromatic N) is 2. The first-order valence-electron chi connectivity index (χ1n) is 5.82. The van der Waals surface area contributed by atoms with Gasteiger partial charge < -0.3 is 0 Å². The summed E-state index contributed by atoms with van der Waals surface area (Å²) in [7, 11) is 0. The third-order valence-corrected chi connectivity index (χ3v) is 4.54. The van der Waals surface area contributed by atoms with Gasteiger partial charge in [0.25, 0.3) is 0 Å². The van der Waals surface area contributed by atoms with Crippen molar-refractivity contribution < 1.29 is 4.39 Å². The van der Waals surface area contributed by atoms with Gasteiger partial charge in [-0.25, -0.2) is 4.98 Å². The van der Waals surface area contributed by atoms with Crippen LogP contribution < -0.4 is 0 Å². The van der Waals surface area contributed by atoms with Crippen molar-refractivity contribution in [2.45, 2.75) is 25.7 Å². The molecular formula is C13H13FN2S. The van der Waals surface area contributed by atoms with E-state index in [4.69, 9.17) is 0 Å². The van der Waals surface area contributed by atoms with E-state index in [0.29, 0.717) is 11.8 Å². The van der Waals surface area contributed by atoms with Crippen molar-refractivity contribution in [1.82, 2.24) is 9.97 Å². The minimum Gasteiger partial charge on any atom is -0.264 e. The van der Waals surface area contributed by atoms with Gasteiger partial charge in [-0.3, -0.25) is 4.98 Å². The molecule has 1 fully saturated rings. The van der Waals surface area contributed by atoms with Crippen LogP contribution in [-0.2, 0) is 0 Å². The standard InChI is InChI=1S/C13H13FN2S/c1-8(9-4-5-9)11-12(14)16-13(17-11)10-3-2-6-15-7-10/h2-3,6-9H,4-5H2,1H3. The van der Waals surface area contributed by atoms with Crippen LogP contribution in [0.2, 0.25) is 0 Å². The molecule has 1 unspecified atom stereocenters. The zero-order valence-electron chi connectivity index (χ0n) is 9.56. The maximum absolute atomic E-state index is 13.8. The Morgan fingerprint density at radius 3 is 2.94 bits per heavy atom. The van der Waals surface area contributed by atoms with Crippen LogP contribution in [0.4, 0.5) is 4.39 Å². The van der Waals surface area contributed by atoms with Gasteiger partial charge in [-0.2, -0.15) is 4.39 Å². The molecule has 2 heterocycles. The van der Waals surface area contributed by atoms with E-state index in [-0.39, 0.29) is 5.95 Å². The lowest BCUT2D eigenvalue weighted by Crippen LogP contribution is -1.95. The van der Waals surface area contributed by atoms with Gasteiger partial charge in [0.15, 0.2) is 0 Å². The zero-order chi connectivity index (χ0) is 11.8. The Morgan fingerprint density at radius 1 is 1.47 bits per heavy atom. The van der Waals surface area contributed by atoms with Gasteiger partial charge >= 0.3 is 0 Å². The first-order chi connectivity index (χ1) is 8.25. The summed E-state index contributed by atoms with van der Waals surface area (Å²) in [6, 6.07) is 3.76. The highest BCUT2D eigenvalue weighted by Gasteiger charge is 2.32. The quantitative estimate of drug-likeness (QED) is 0.824. The summed E-state index contributed by atoms with van der Waals surface area (Å²) in [5.41, 5.74) is 0.894. The van der Waals surface area contributed by atoms with E-state index in [0.717, 1.165) is 15.4 Å². The van der Waals surface area contributed by atoms with Crippen molar-refractivity contribution in [3.63, 3.8) is 0 Å². The van der Waals surface area contributed by atoms with E-state index in [9.17, 15) is 4.39 Å². The topological polar surface area (TPSA) is 25.8 Å². The summed E-state index contributed by atoms with van der Waals surface area (Å²) >= 11 is 1.46. The van der Waals surface area contributed by atoms with Crippen molar-refractivity contribution >= 4 is 11.3 Å². The van der Waals surface area contributed by atoms with Gasteiger partial charge in [-0.15, -0.1) is 11.3 Å². The molecule has 1 aliphatic rings. The fourth-order valence-electron chi connectivity index (χ4n) is 2.02. The average molecular weight is 248 g/mol. The molecule has 2 nitrogen and oxygen atoms in total. The van der Waals surface area contributed by atoms with E-state index >= 15 is 0 Å². The molecule has 0 aliphatic heterocycles. The first-order valence-corrected chi connectivity index (χ1v) is 6.64. The van der Waals surface area contributed by atoms with Crippen LogP contribution in [0.25, 0.3) is 10.6 Å². The summed E-state index contributed by atoms with van der Waals surface area (Å²) in [4.78, 5) is 8.86. The van der Waals surface area contributed by atoms with Gasteiger partial charge in [-0.05, 0) is 36.8 Å². The molecule has 17 heavy (non-hydrogen) atoms. The highest BCUT2D eigenvalue weighted by atomic mass is 32.1. The van der Waals surface area contributed by atoms with Crippen molar-refractivity contribution in [2.75, 3.05) is 0 Å². The van der Waals surface area contributed by atoms with Crippen LogP contribution in [-0.4, -0.2) is 9.97 Å². The van der Waals surface area contributed by atoms with E-state index in [1.807, 2.05) is 12.1 Å². The molecule has 0 saturated heterocycles. The molecule has 1 saturated carbocycles. The monoisotopic (exact) mass is 248 g/mol. The molecule has 2 aromatic rings. The molecule has 0 bridgehead atoms. The summed E-state index contributed by atoms with van der Waals surface area (Å²) < 4.78 is 13.8. The van der Waals surface area contributed by atoms with Crippen LogP contribution in [0, 0.1) is 11.9 Å². The first kappa shape index (κ1) is 10.8. The molecule has 1 atom stereocenters. The number of pyridine rings is 1. The van der Waals surface area contributed by atoms with Crippen LogP contribution in [0.3, 0.4) is 0 Å². The minimum absolute atomic E-state index is 0.298. The lowest BCUT2D eigenvalue weighted by molar-refractivity contribution is 0.549. The Kier molecular flexibility index (Phi) is 2.67. The Morgan fingerprint density at radius 2 is 2.29 bits per heavy atom. The van der Waals surface area contributed by atoms with Gasteiger partial charge in [0, 0.05) is 18.0 Å². The normalized spacial score (nSPS) is 17.1. The molecule has 0 N–H and O–H groups in total. The van der Waals surface area contributed by atoms with Crippen LogP contribution in [0.15, 0.2) is 24.5 Å². The van der Waals surface area contributed by atoms with Crippen LogP contribution in [0.1, 0.15) is 30.6 Å². The molecule has 88 valence electrons. The van der Waals surface area contributed by atoms with E-state index in [1.165, 1.54) is 24.2 Å². The van der Waals surface area contributed by atoms with Gasteiger partial charge in [-0.1, -0.05) is 6.92 Å². The smallest absolute Gasteiger partial charge is 0.227 e. The van der Waals surface area contributed by atoms with Crippen molar-refractivity contribution in [3.05, 3.63) is 35.4 Å². The van der Waals surface area contributed by atoms with Crippen LogP contribution in [0.5, 0.6) is 0 Å². The molecule has 0 amide bonds. The SMILES string of the molecule is CC(c1sc(-c2cccnc2)nc1F)C1CC1. The Balaban J connectivity index is 1.95. The Labute approximate surface area is 104 Å². The second-order valence-corrected chi connectivity index (χ2v) is 5.57. The van der Waals surface area contributed by atoms with Gasteiger partial charge in [0.2, 0.25) is 5.95 Å². The second-order valence-electron chi connectivity index (χ2n) is 4.54. The molecule has 3 rings (SSSR count). The third kappa shape index (κ3) is 2.09. The van der Waals surface area contributed by atoms with Gasteiger partial charge in [0.1, 0.15) is 5.01 Å². The molecule has 0 spiro atoms. The molecule has 1 aliphatic carbocycles. The fourth-order valence-corrected chi connectivity index (χ4v) is 3.10. The number of hydrogen-bond donors (Lipinski definition) is 0.